The third-order valence-electron chi connectivity index (χ3n) is 2.78. The SMILES string of the molecule is C=N/C=C(\C=N/Cc1nn(C(C)C)c(N)c1C#N)CC. The Balaban J connectivity index is 2.96. The van der Waals surface area contributed by atoms with Crippen molar-refractivity contribution in [2.45, 2.75) is 39.8 Å². The van der Waals surface area contributed by atoms with Crippen LogP contribution in [0.1, 0.15) is 44.5 Å². The molecule has 0 fully saturated rings. The van der Waals surface area contributed by atoms with Crippen LogP contribution in [0.5, 0.6) is 0 Å². The van der Waals surface area contributed by atoms with Crippen molar-refractivity contribution in [3.05, 3.63) is 23.0 Å². The molecule has 1 heterocycles. The van der Waals surface area contributed by atoms with E-state index >= 15 is 0 Å². The summed E-state index contributed by atoms with van der Waals surface area (Å²) in [6.45, 7) is 9.67. The van der Waals surface area contributed by atoms with Crippen molar-refractivity contribution in [1.82, 2.24) is 9.78 Å². The number of aromatic nitrogens is 2. The highest BCUT2D eigenvalue weighted by molar-refractivity contribution is 5.78. The Hall–Kier alpha value is -2.42. The van der Waals surface area contributed by atoms with Crippen molar-refractivity contribution in [3.8, 4) is 6.07 Å². The predicted molar refractivity (Wildman–Crippen MR) is 81.9 cm³/mol. The molecule has 6 heteroatoms. The number of hydrogen-bond donors (Lipinski definition) is 1. The van der Waals surface area contributed by atoms with Crippen LogP contribution in [0.15, 0.2) is 21.8 Å². The fourth-order valence-electron chi connectivity index (χ4n) is 1.70. The molecule has 0 aliphatic rings. The maximum Gasteiger partial charge on any atom is 0.140 e. The highest BCUT2D eigenvalue weighted by Gasteiger charge is 2.16. The average Bonchev–Trinajstić information content (AvgIpc) is 2.74. The summed E-state index contributed by atoms with van der Waals surface area (Å²) in [5.74, 6) is 0.395. The summed E-state index contributed by atoms with van der Waals surface area (Å²) in [5.41, 5.74) is 7.88. The standard InChI is InChI=1S/C14H20N6/c1-5-11(7-17-4)8-18-9-13-12(6-15)14(16)20(19-13)10(2)3/h7-8,10H,4-5,9,16H2,1-3H3/b11-7-,18-8-. The van der Waals surface area contributed by atoms with Gasteiger partial charge in [0.05, 0.1) is 6.54 Å². The third-order valence-corrected chi connectivity index (χ3v) is 2.78. The summed E-state index contributed by atoms with van der Waals surface area (Å²) in [6.07, 6.45) is 4.20. The highest BCUT2D eigenvalue weighted by Crippen LogP contribution is 2.20. The fourth-order valence-corrected chi connectivity index (χ4v) is 1.70. The lowest BCUT2D eigenvalue weighted by atomic mass is 10.2. The Morgan fingerprint density at radius 3 is 2.80 bits per heavy atom. The van der Waals surface area contributed by atoms with Gasteiger partial charge in [0, 0.05) is 18.5 Å². The van der Waals surface area contributed by atoms with Gasteiger partial charge in [-0.1, -0.05) is 6.92 Å². The minimum Gasteiger partial charge on any atom is -0.383 e. The maximum absolute atomic E-state index is 9.16. The molecule has 6 nitrogen and oxygen atoms in total. The van der Waals surface area contributed by atoms with Gasteiger partial charge in [-0.2, -0.15) is 10.4 Å². The van der Waals surface area contributed by atoms with Crippen molar-refractivity contribution in [2.75, 3.05) is 5.73 Å². The monoisotopic (exact) mass is 272 g/mol. The Kier molecular flexibility index (Phi) is 5.66. The lowest BCUT2D eigenvalue weighted by molar-refractivity contribution is 0.534. The normalized spacial score (nSPS) is 12.1. The summed E-state index contributed by atoms with van der Waals surface area (Å²) >= 11 is 0. The zero-order valence-electron chi connectivity index (χ0n) is 12.2. The molecule has 0 unspecified atom stereocenters. The summed E-state index contributed by atoms with van der Waals surface area (Å²) in [5, 5.41) is 13.5. The molecule has 0 aromatic carbocycles. The van der Waals surface area contributed by atoms with Crippen LogP contribution in [0.2, 0.25) is 0 Å². The summed E-state index contributed by atoms with van der Waals surface area (Å²) < 4.78 is 1.64. The van der Waals surface area contributed by atoms with E-state index in [1.54, 1.807) is 17.1 Å². The molecule has 2 N–H and O–H groups in total. The first kappa shape index (κ1) is 15.6. The molecular weight excluding hydrogens is 252 g/mol. The average molecular weight is 272 g/mol. The first-order valence-electron chi connectivity index (χ1n) is 6.46. The number of aliphatic imine (C=N–C) groups is 2. The molecule has 0 bridgehead atoms. The molecule has 0 saturated carbocycles. The topological polar surface area (TPSA) is 92.3 Å². The minimum absolute atomic E-state index is 0.107. The number of allylic oxidation sites excluding steroid dienone is 1. The molecule has 0 atom stereocenters. The Morgan fingerprint density at radius 2 is 2.30 bits per heavy atom. The van der Waals surface area contributed by atoms with E-state index in [1.165, 1.54) is 0 Å². The predicted octanol–water partition coefficient (Wildman–Crippen LogP) is 2.48. The molecule has 106 valence electrons. The third kappa shape index (κ3) is 3.54. The van der Waals surface area contributed by atoms with Crippen LogP contribution in [-0.4, -0.2) is 22.7 Å². The van der Waals surface area contributed by atoms with Gasteiger partial charge in [0.2, 0.25) is 0 Å². The number of anilines is 1. The molecule has 0 spiro atoms. The second kappa shape index (κ2) is 7.24. The van der Waals surface area contributed by atoms with E-state index in [0.717, 1.165) is 12.0 Å². The van der Waals surface area contributed by atoms with Gasteiger partial charge in [0.25, 0.3) is 0 Å². The number of nitrogens with two attached hydrogens (primary N) is 1. The minimum atomic E-state index is 0.107. The van der Waals surface area contributed by atoms with E-state index in [0.29, 0.717) is 23.6 Å². The van der Waals surface area contributed by atoms with Crippen LogP contribution < -0.4 is 5.73 Å². The van der Waals surface area contributed by atoms with Gasteiger partial charge in [-0.25, -0.2) is 4.68 Å². The summed E-state index contributed by atoms with van der Waals surface area (Å²) in [7, 11) is 0. The molecule has 20 heavy (non-hydrogen) atoms. The molecule has 0 aliphatic carbocycles. The van der Waals surface area contributed by atoms with Crippen LogP contribution in [0.3, 0.4) is 0 Å². The molecule has 1 aromatic heterocycles. The summed E-state index contributed by atoms with van der Waals surface area (Å²) in [6, 6.07) is 2.20. The quantitative estimate of drug-likeness (QED) is 0.806. The maximum atomic E-state index is 9.16. The van der Waals surface area contributed by atoms with Gasteiger partial charge in [0.15, 0.2) is 0 Å². The van der Waals surface area contributed by atoms with Gasteiger partial charge in [-0.3, -0.25) is 9.98 Å². The number of nitrogen functional groups attached to an aromatic ring is 1. The number of nitrogens with zero attached hydrogens (tertiary/aromatic N) is 5. The zero-order chi connectivity index (χ0) is 15.1. The van der Waals surface area contributed by atoms with Crippen LogP contribution in [0, 0.1) is 11.3 Å². The molecule has 1 rings (SSSR count). The highest BCUT2D eigenvalue weighted by atomic mass is 15.3. The molecular formula is C14H20N6. The van der Waals surface area contributed by atoms with Crippen LogP contribution >= 0.6 is 0 Å². The van der Waals surface area contributed by atoms with Gasteiger partial charge in [-0.05, 0) is 32.6 Å². The number of rotatable bonds is 6. The van der Waals surface area contributed by atoms with Gasteiger partial charge < -0.3 is 5.73 Å². The first-order valence-corrected chi connectivity index (χ1v) is 6.46. The Bertz CT molecular complexity index is 571. The van der Waals surface area contributed by atoms with Crippen molar-refractivity contribution >= 4 is 18.7 Å². The van der Waals surface area contributed by atoms with E-state index in [4.69, 9.17) is 11.0 Å². The second-order valence-corrected chi connectivity index (χ2v) is 4.57. The Labute approximate surface area is 119 Å². The van der Waals surface area contributed by atoms with Crippen LogP contribution in [0.4, 0.5) is 5.82 Å². The smallest absolute Gasteiger partial charge is 0.140 e. The number of hydrogen-bond acceptors (Lipinski definition) is 5. The summed E-state index contributed by atoms with van der Waals surface area (Å²) in [4.78, 5) is 8.00. The Morgan fingerprint density at radius 1 is 1.60 bits per heavy atom. The van der Waals surface area contributed by atoms with Crippen molar-refractivity contribution in [1.29, 1.82) is 5.26 Å². The van der Waals surface area contributed by atoms with E-state index in [2.05, 4.69) is 27.9 Å². The van der Waals surface area contributed by atoms with Gasteiger partial charge in [0.1, 0.15) is 23.1 Å². The van der Waals surface area contributed by atoms with Crippen molar-refractivity contribution in [3.63, 3.8) is 0 Å². The number of nitriles is 1. The molecule has 0 saturated heterocycles. The van der Waals surface area contributed by atoms with Gasteiger partial charge in [-0.15, -0.1) is 0 Å². The molecule has 1 aromatic rings. The largest absolute Gasteiger partial charge is 0.383 e. The lowest BCUT2D eigenvalue weighted by Crippen LogP contribution is -2.07. The van der Waals surface area contributed by atoms with Crippen LogP contribution in [-0.2, 0) is 6.54 Å². The van der Waals surface area contributed by atoms with Crippen molar-refractivity contribution < 1.29 is 0 Å². The lowest BCUT2D eigenvalue weighted by Gasteiger charge is -2.06. The van der Waals surface area contributed by atoms with E-state index < -0.39 is 0 Å². The molecule has 0 amide bonds. The van der Waals surface area contributed by atoms with Crippen LogP contribution in [0.25, 0.3) is 0 Å². The van der Waals surface area contributed by atoms with E-state index in [9.17, 15) is 0 Å². The van der Waals surface area contributed by atoms with Gasteiger partial charge >= 0.3 is 0 Å². The van der Waals surface area contributed by atoms with E-state index in [-0.39, 0.29) is 6.04 Å². The molecule has 0 radical (unpaired) electrons. The fraction of sp³-hybridized carbons (Fsp3) is 0.429. The van der Waals surface area contributed by atoms with Crippen molar-refractivity contribution in [2.24, 2.45) is 9.98 Å². The van der Waals surface area contributed by atoms with E-state index in [1.807, 2.05) is 20.8 Å². The first-order chi connectivity index (χ1) is 9.54. The molecule has 0 aliphatic heterocycles. The second-order valence-electron chi connectivity index (χ2n) is 4.57. The zero-order valence-corrected chi connectivity index (χ0v) is 12.2.